The van der Waals surface area contributed by atoms with E-state index in [-0.39, 0.29) is 10.6 Å². The van der Waals surface area contributed by atoms with Crippen molar-refractivity contribution in [2.24, 2.45) is 0 Å². The van der Waals surface area contributed by atoms with Crippen molar-refractivity contribution in [3.05, 3.63) is 46.0 Å². The number of hydrogen-bond acceptors (Lipinski definition) is 2. The molecule has 3 heteroatoms. The average molecular weight is 163 g/mol. The summed E-state index contributed by atoms with van der Waals surface area (Å²) >= 11 is 0. The van der Waals surface area contributed by atoms with Gasteiger partial charge in [0.05, 0.1) is 10.5 Å². The van der Waals surface area contributed by atoms with Gasteiger partial charge in [-0.2, -0.15) is 0 Å². The Morgan fingerprint density at radius 2 is 2.08 bits per heavy atom. The maximum Gasteiger partial charge on any atom is 0.276 e. The summed E-state index contributed by atoms with van der Waals surface area (Å²) in [5.74, 6) is 0. The summed E-state index contributed by atoms with van der Waals surface area (Å²) in [6.07, 6.45) is 3.50. The molecule has 62 valence electrons. The minimum absolute atomic E-state index is 0.149. The predicted octanol–water partition coefficient (Wildman–Crippen LogP) is 2.63. The molecule has 0 heterocycles. The molecule has 12 heavy (non-hydrogen) atoms. The molecule has 1 aromatic carbocycles. The minimum Gasteiger partial charge on any atom is -0.258 e. The van der Waals surface area contributed by atoms with Gasteiger partial charge in [0.2, 0.25) is 0 Å². The first-order chi connectivity index (χ1) is 5.75. The van der Waals surface area contributed by atoms with Gasteiger partial charge in [0.25, 0.3) is 5.69 Å². The monoisotopic (exact) mass is 163 g/mol. The first kappa shape index (κ1) is 8.46. The third-order valence-corrected chi connectivity index (χ3v) is 1.48. The Bertz CT molecular complexity index is 318. The van der Waals surface area contributed by atoms with Gasteiger partial charge in [-0.1, -0.05) is 24.3 Å². The number of benzene rings is 1. The number of nitrogens with zero attached hydrogens (tertiary/aromatic N) is 1. The van der Waals surface area contributed by atoms with Crippen LogP contribution in [0.3, 0.4) is 0 Å². The lowest BCUT2D eigenvalue weighted by molar-refractivity contribution is -0.385. The second kappa shape index (κ2) is 3.67. The summed E-state index contributed by atoms with van der Waals surface area (Å²) in [6.45, 7) is 1.83. The molecular weight excluding hydrogens is 154 g/mol. The lowest BCUT2D eigenvalue weighted by atomic mass is 10.2. The average Bonchev–Trinajstić information content (AvgIpc) is 2.05. The normalized spacial score (nSPS) is 10.4. The maximum atomic E-state index is 10.5. The van der Waals surface area contributed by atoms with Crippen molar-refractivity contribution in [3.8, 4) is 0 Å². The van der Waals surface area contributed by atoms with Crippen molar-refractivity contribution in [1.29, 1.82) is 0 Å². The summed E-state index contributed by atoms with van der Waals surface area (Å²) < 4.78 is 0. The molecule has 0 saturated carbocycles. The molecule has 0 fully saturated rings. The Balaban J connectivity index is 3.17. The van der Waals surface area contributed by atoms with Gasteiger partial charge in [-0.3, -0.25) is 10.1 Å². The highest BCUT2D eigenvalue weighted by atomic mass is 16.6. The van der Waals surface area contributed by atoms with Gasteiger partial charge in [0.15, 0.2) is 0 Å². The molecule has 0 aromatic heterocycles. The van der Waals surface area contributed by atoms with E-state index in [0.717, 1.165) is 0 Å². The van der Waals surface area contributed by atoms with E-state index in [1.807, 2.05) is 6.92 Å². The van der Waals surface area contributed by atoms with Crippen molar-refractivity contribution < 1.29 is 4.92 Å². The van der Waals surface area contributed by atoms with E-state index in [0.29, 0.717) is 5.56 Å². The van der Waals surface area contributed by atoms with Crippen LogP contribution in [-0.4, -0.2) is 4.92 Å². The Hall–Kier alpha value is -1.64. The summed E-state index contributed by atoms with van der Waals surface area (Å²) in [4.78, 5) is 10.1. The van der Waals surface area contributed by atoms with Crippen LogP contribution in [0.15, 0.2) is 30.3 Å². The zero-order chi connectivity index (χ0) is 8.97. The van der Waals surface area contributed by atoms with E-state index in [1.165, 1.54) is 6.07 Å². The second-order valence-electron chi connectivity index (χ2n) is 2.32. The number of nitro benzene ring substituents is 1. The van der Waals surface area contributed by atoms with Crippen molar-refractivity contribution >= 4 is 11.8 Å². The summed E-state index contributed by atoms with van der Waals surface area (Å²) in [6, 6.07) is 6.65. The summed E-state index contributed by atoms with van der Waals surface area (Å²) in [7, 11) is 0. The molecule has 0 amide bonds. The Morgan fingerprint density at radius 3 is 2.67 bits per heavy atom. The molecule has 0 atom stereocenters. The quantitative estimate of drug-likeness (QED) is 0.496. The minimum atomic E-state index is -0.380. The maximum absolute atomic E-state index is 10.5. The number of nitro groups is 1. The summed E-state index contributed by atoms with van der Waals surface area (Å²) in [5.41, 5.74) is 0.792. The molecule has 0 unspecified atom stereocenters. The molecule has 3 nitrogen and oxygen atoms in total. The van der Waals surface area contributed by atoms with Crippen molar-refractivity contribution in [1.82, 2.24) is 0 Å². The van der Waals surface area contributed by atoms with Crippen LogP contribution >= 0.6 is 0 Å². The largest absolute Gasteiger partial charge is 0.276 e. The predicted molar refractivity (Wildman–Crippen MR) is 47.8 cm³/mol. The van der Waals surface area contributed by atoms with Gasteiger partial charge in [0, 0.05) is 6.07 Å². The van der Waals surface area contributed by atoms with Crippen LogP contribution < -0.4 is 0 Å². The van der Waals surface area contributed by atoms with Gasteiger partial charge in [-0.25, -0.2) is 0 Å². The highest BCUT2D eigenvalue weighted by Crippen LogP contribution is 2.18. The molecule has 0 aliphatic rings. The van der Waals surface area contributed by atoms with Crippen LogP contribution in [-0.2, 0) is 0 Å². The topological polar surface area (TPSA) is 43.1 Å². The van der Waals surface area contributed by atoms with E-state index < -0.39 is 0 Å². The third-order valence-electron chi connectivity index (χ3n) is 1.48. The van der Waals surface area contributed by atoms with Crippen LogP contribution in [0.5, 0.6) is 0 Å². The fourth-order valence-electron chi connectivity index (χ4n) is 0.974. The van der Waals surface area contributed by atoms with Crippen LogP contribution in [0.1, 0.15) is 12.5 Å². The zero-order valence-electron chi connectivity index (χ0n) is 6.73. The van der Waals surface area contributed by atoms with E-state index in [1.54, 1.807) is 30.4 Å². The van der Waals surface area contributed by atoms with E-state index in [2.05, 4.69) is 0 Å². The number of allylic oxidation sites excluding steroid dienone is 1. The molecule has 0 radical (unpaired) electrons. The van der Waals surface area contributed by atoms with Crippen LogP contribution in [0, 0.1) is 10.1 Å². The molecule has 0 spiro atoms. The van der Waals surface area contributed by atoms with Crippen molar-refractivity contribution in [3.63, 3.8) is 0 Å². The molecular formula is C9H9NO2. The summed E-state index contributed by atoms with van der Waals surface area (Å²) in [5, 5.41) is 10.5. The fourth-order valence-corrected chi connectivity index (χ4v) is 0.974. The molecule has 0 N–H and O–H groups in total. The standard InChI is InChI=1S/C9H9NO2/c1-2-5-8-6-3-4-7-9(8)10(11)12/h2-7H,1H3. The molecule has 0 saturated heterocycles. The second-order valence-corrected chi connectivity index (χ2v) is 2.32. The fraction of sp³-hybridized carbons (Fsp3) is 0.111. The van der Waals surface area contributed by atoms with Crippen LogP contribution in [0.4, 0.5) is 5.69 Å². The highest BCUT2D eigenvalue weighted by molar-refractivity contribution is 5.60. The molecule has 0 bridgehead atoms. The van der Waals surface area contributed by atoms with E-state index >= 15 is 0 Å². The molecule has 1 rings (SSSR count). The van der Waals surface area contributed by atoms with Crippen molar-refractivity contribution in [2.75, 3.05) is 0 Å². The highest BCUT2D eigenvalue weighted by Gasteiger charge is 2.08. The van der Waals surface area contributed by atoms with Crippen molar-refractivity contribution in [2.45, 2.75) is 6.92 Å². The first-order valence-electron chi connectivity index (χ1n) is 3.62. The van der Waals surface area contributed by atoms with Gasteiger partial charge >= 0.3 is 0 Å². The zero-order valence-corrected chi connectivity index (χ0v) is 6.73. The van der Waals surface area contributed by atoms with E-state index in [4.69, 9.17) is 0 Å². The smallest absolute Gasteiger partial charge is 0.258 e. The van der Waals surface area contributed by atoms with Crippen LogP contribution in [0.25, 0.3) is 6.08 Å². The third kappa shape index (κ3) is 1.69. The Morgan fingerprint density at radius 1 is 1.42 bits per heavy atom. The van der Waals surface area contributed by atoms with Crippen LogP contribution in [0.2, 0.25) is 0 Å². The van der Waals surface area contributed by atoms with Gasteiger partial charge in [0.1, 0.15) is 0 Å². The number of rotatable bonds is 2. The SMILES string of the molecule is CC=Cc1ccccc1[N+](=O)[O-]. The Kier molecular flexibility index (Phi) is 2.58. The molecule has 0 aliphatic carbocycles. The van der Waals surface area contributed by atoms with Gasteiger partial charge in [-0.05, 0) is 13.0 Å². The molecule has 0 aliphatic heterocycles. The number of para-hydroxylation sites is 1. The first-order valence-corrected chi connectivity index (χ1v) is 3.62. The lowest BCUT2D eigenvalue weighted by Gasteiger charge is -1.94. The lowest BCUT2D eigenvalue weighted by Crippen LogP contribution is -1.89. The molecule has 1 aromatic rings. The Labute approximate surface area is 70.5 Å². The van der Waals surface area contributed by atoms with E-state index in [9.17, 15) is 10.1 Å². The van der Waals surface area contributed by atoms with Gasteiger partial charge < -0.3 is 0 Å². The number of hydrogen-bond donors (Lipinski definition) is 0. The van der Waals surface area contributed by atoms with Gasteiger partial charge in [-0.15, -0.1) is 0 Å².